The molecule has 98 valence electrons. The van der Waals surface area contributed by atoms with Crippen LogP contribution in [0.2, 0.25) is 0 Å². The van der Waals surface area contributed by atoms with Crippen molar-refractivity contribution >= 4 is 5.97 Å². The molecule has 1 saturated heterocycles. The topological polar surface area (TPSA) is 40.5 Å². The number of piperidine rings is 1. The van der Waals surface area contributed by atoms with Gasteiger partial charge in [-0.05, 0) is 44.6 Å². The quantitative estimate of drug-likeness (QED) is 0.802. The molecule has 2 fully saturated rings. The molecule has 2 aliphatic rings. The fraction of sp³-hybridized carbons (Fsp3) is 0.929. The van der Waals surface area contributed by atoms with E-state index in [4.69, 9.17) is 0 Å². The van der Waals surface area contributed by atoms with Crippen LogP contribution in [0, 0.1) is 5.92 Å². The average Bonchev–Trinajstić information content (AvgIpc) is 2.77. The molecular formula is C14H25NO2. The first-order valence-corrected chi connectivity index (χ1v) is 7.22. The van der Waals surface area contributed by atoms with Crippen molar-refractivity contribution in [2.45, 2.75) is 70.4 Å². The van der Waals surface area contributed by atoms with Crippen molar-refractivity contribution < 1.29 is 9.90 Å². The zero-order chi connectivity index (χ0) is 12.3. The highest BCUT2D eigenvalue weighted by molar-refractivity contribution is 5.73. The van der Waals surface area contributed by atoms with Gasteiger partial charge in [-0.1, -0.05) is 26.2 Å². The number of carboxylic acid groups (broad SMARTS) is 1. The SMILES string of the molecule is CCCCC(C(=O)O)N1CCCC2CCCC21. The molecule has 3 heteroatoms. The number of carboxylic acids is 1. The molecule has 0 bridgehead atoms. The van der Waals surface area contributed by atoms with E-state index in [-0.39, 0.29) is 6.04 Å². The largest absolute Gasteiger partial charge is 0.480 e. The van der Waals surface area contributed by atoms with Crippen molar-refractivity contribution in [3.63, 3.8) is 0 Å². The molecule has 1 heterocycles. The van der Waals surface area contributed by atoms with Gasteiger partial charge in [0, 0.05) is 6.04 Å². The van der Waals surface area contributed by atoms with Crippen LogP contribution in [0.25, 0.3) is 0 Å². The minimum Gasteiger partial charge on any atom is -0.480 e. The Hall–Kier alpha value is -0.570. The Morgan fingerprint density at radius 1 is 1.35 bits per heavy atom. The first kappa shape index (κ1) is 12.9. The molecule has 17 heavy (non-hydrogen) atoms. The lowest BCUT2D eigenvalue weighted by atomic mass is 9.90. The number of nitrogens with zero attached hydrogens (tertiary/aromatic N) is 1. The Balaban J connectivity index is 2.03. The normalized spacial score (nSPS) is 31.1. The molecule has 0 aromatic carbocycles. The monoisotopic (exact) mass is 239 g/mol. The van der Waals surface area contributed by atoms with Crippen LogP contribution in [0.1, 0.15) is 58.3 Å². The number of carbonyl (C=O) groups is 1. The van der Waals surface area contributed by atoms with Gasteiger partial charge in [0.2, 0.25) is 0 Å². The standard InChI is InChI=1S/C14H25NO2/c1-2-3-8-13(14(16)17)15-10-5-7-11-6-4-9-12(11)15/h11-13H,2-10H2,1H3,(H,16,17). The molecule has 0 aromatic heterocycles. The second-order valence-corrected chi connectivity index (χ2v) is 5.63. The third kappa shape index (κ3) is 2.82. The van der Waals surface area contributed by atoms with Gasteiger partial charge in [-0.2, -0.15) is 0 Å². The van der Waals surface area contributed by atoms with Crippen LogP contribution in [-0.4, -0.2) is 34.6 Å². The van der Waals surface area contributed by atoms with E-state index in [0.717, 1.165) is 31.7 Å². The molecular weight excluding hydrogens is 214 g/mol. The van der Waals surface area contributed by atoms with Gasteiger partial charge in [-0.25, -0.2) is 0 Å². The van der Waals surface area contributed by atoms with Crippen molar-refractivity contribution in [2.24, 2.45) is 5.92 Å². The number of unbranched alkanes of at least 4 members (excludes halogenated alkanes) is 1. The van der Waals surface area contributed by atoms with Crippen molar-refractivity contribution in [1.29, 1.82) is 0 Å². The summed E-state index contributed by atoms with van der Waals surface area (Å²) in [4.78, 5) is 13.8. The van der Waals surface area contributed by atoms with E-state index in [1.807, 2.05) is 0 Å². The van der Waals surface area contributed by atoms with Crippen LogP contribution in [0.3, 0.4) is 0 Å². The van der Waals surface area contributed by atoms with E-state index < -0.39 is 5.97 Å². The van der Waals surface area contributed by atoms with Crippen LogP contribution >= 0.6 is 0 Å². The van der Waals surface area contributed by atoms with Crippen molar-refractivity contribution in [1.82, 2.24) is 4.90 Å². The van der Waals surface area contributed by atoms with E-state index in [0.29, 0.717) is 6.04 Å². The highest BCUT2D eigenvalue weighted by Crippen LogP contribution is 2.38. The van der Waals surface area contributed by atoms with E-state index in [1.165, 1.54) is 32.1 Å². The summed E-state index contributed by atoms with van der Waals surface area (Å²) in [5.74, 6) is 0.179. The second-order valence-electron chi connectivity index (χ2n) is 5.63. The van der Waals surface area contributed by atoms with Gasteiger partial charge in [0.15, 0.2) is 0 Å². The fourth-order valence-electron chi connectivity index (χ4n) is 3.71. The van der Waals surface area contributed by atoms with Crippen LogP contribution in [0.5, 0.6) is 0 Å². The Morgan fingerprint density at radius 2 is 2.12 bits per heavy atom. The maximum atomic E-state index is 11.5. The highest BCUT2D eigenvalue weighted by Gasteiger charge is 2.39. The summed E-state index contributed by atoms with van der Waals surface area (Å²) in [5.41, 5.74) is 0. The Kier molecular flexibility index (Phi) is 4.43. The van der Waals surface area contributed by atoms with Crippen LogP contribution in [-0.2, 0) is 4.79 Å². The lowest BCUT2D eigenvalue weighted by Gasteiger charge is -2.41. The van der Waals surface area contributed by atoms with E-state index in [9.17, 15) is 9.90 Å². The van der Waals surface area contributed by atoms with Gasteiger partial charge >= 0.3 is 5.97 Å². The first-order chi connectivity index (χ1) is 8.24. The Labute approximate surface area is 104 Å². The molecule has 0 spiro atoms. The van der Waals surface area contributed by atoms with Gasteiger partial charge in [0.25, 0.3) is 0 Å². The molecule has 1 aliphatic heterocycles. The Bertz CT molecular complexity index is 267. The van der Waals surface area contributed by atoms with Crippen LogP contribution in [0.15, 0.2) is 0 Å². The number of aliphatic carboxylic acids is 1. The molecule has 0 aromatic rings. The summed E-state index contributed by atoms with van der Waals surface area (Å²) < 4.78 is 0. The first-order valence-electron chi connectivity index (χ1n) is 7.22. The lowest BCUT2D eigenvalue weighted by molar-refractivity contribution is -0.145. The molecule has 0 amide bonds. The van der Waals surface area contributed by atoms with Gasteiger partial charge in [0.1, 0.15) is 6.04 Å². The van der Waals surface area contributed by atoms with Crippen molar-refractivity contribution in [3.8, 4) is 0 Å². The van der Waals surface area contributed by atoms with Crippen LogP contribution < -0.4 is 0 Å². The van der Waals surface area contributed by atoms with E-state index in [1.54, 1.807) is 0 Å². The van der Waals surface area contributed by atoms with Gasteiger partial charge in [-0.3, -0.25) is 9.69 Å². The molecule has 1 N–H and O–H groups in total. The zero-order valence-electron chi connectivity index (χ0n) is 10.9. The molecule has 1 saturated carbocycles. The zero-order valence-corrected chi connectivity index (χ0v) is 10.9. The summed E-state index contributed by atoms with van der Waals surface area (Å²) in [5, 5.41) is 9.43. The van der Waals surface area contributed by atoms with E-state index >= 15 is 0 Å². The molecule has 0 radical (unpaired) electrons. The Morgan fingerprint density at radius 3 is 2.82 bits per heavy atom. The lowest BCUT2D eigenvalue weighted by Crippen LogP contribution is -2.51. The maximum absolute atomic E-state index is 11.5. The fourth-order valence-corrected chi connectivity index (χ4v) is 3.71. The number of hydrogen-bond donors (Lipinski definition) is 1. The molecule has 2 rings (SSSR count). The number of rotatable bonds is 5. The number of hydrogen-bond acceptors (Lipinski definition) is 2. The summed E-state index contributed by atoms with van der Waals surface area (Å²) in [7, 11) is 0. The van der Waals surface area contributed by atoms with Gasteiger partial charge in [-0.15, -0.1) is 0 Å². The van der Waals surface area contributed by atoms with Crippen LogP contribution in [0.4, 0.5) is 0 Å². The summed E-state index contributed by atoms with van der Waals surface area (Å²) in [6.45, 7) is 3.13. The number of likely N-dealkylation sites (tertiary alicyclic amines) is 1. The molecule has 3 atom stereocenters. The van der Waals surface area contributed by atoms with E-state index in [2.05, 4.69) is 11.8 Å². The van der Waals surface area contributed by atoms with Crippen molar-refractivity contribution in [3.05, 3.63) is 0 Å². The summed E-state index contributed by atoms with van der Waals surface area (Å²) >= 11 is 0. The third-order valence-corrected chi connectivity index (χ3v) is 4.55. The number of fused-ring (bicyclic) bond motifs is 1. The second kappa shape index (κ2) is 5.85. The molecule has 3 nitrogen and oxygen atoms in total. The molecule has 1 aliphatic carbocycles. The third-order valence-electron chi connectivity index (χ3n) is 4.55. The highest BCUT2D eigenvalue weighted by atomic mass is 16.4. The maximum Gasteiger partial charge on any atom is 0.320 e. The average molecular weight is 239 g/mol. The summed E-state index contributed by atoms with van der Waals surface area (Å²) in [6.07, 6.45) is 9.30. The minimum absolute atomic E-state index is 0.221. The predicted molar refractivity (Wildman–Crippen MR) is 68.0 cm³/mol. The van der Waals surface area contributed by atoms with Crippen molar-refractivity contribution in [2.75, 3.05) is 6.54 Å². The smallest absolute Gasteiger partial charge is 0.320 e. The summed E-state index contributed by atoms with van der Waals surface area (Å²) in [6, 6.07) is 0.350. The molecule has 3 unspecified atom stereocenters. The van der Waals surface area contributed by atoms with Gasteiger partial charge < -0.3 is 5.11 Å². The van der Waals surface area contributed by atoms with Gasteiger partial charge in [0.05, 0.1) is 0 Å². The minimum atomic E-state index is -0.606. The predicted octanol–water partition coefficient (Wildman–Crippen LogP) is 2.89.